The molecular formula is C31H44O8. The van der Waals surface area contributed by atoms with Crippen molar-refractivity contribution >= 4 is 11.9 Å². The molecule has 7 atom stereocenters. The monoisotopic (exact) mass is 544 g/mol. The van der Waals surface area contributed by atoms with E-state index in [2.05, 4.69) is 27.7 Å². The maximum Gasteiger partial charge on any atom is 0.313 e. The number of aromatic hydroxyl groups is 1. The molecule has 0 saturated carbocycles. The van der Waals surface area contributed by atoms with Crippen LogP contribution in [0.1, 0.15) is 85.6 Å². The number of ether oxygens (including phenoxy) is 4. The fourth-order valence-electron chi connectivity index (χ4n) is 6.37. The molecule has 216 valence electrons. The molecule has 3 bridgehead atoms. The number of fused-ring (bicyclic) bond motifs is 2. The lowest BCUT2D eigenvalue weighted by Gasteiger charge is -2.57. The Morgan fingerprint density at radius 1 is 1.13 bits per heavy atom. The third-order valence-electron chi connectivity index (χ3n) is 8.78. The summed E-state index contributed by atoms with van der Waals surface area (Å²) in [6.07, 6.45) is 0.603. The highest BCUT2D eigenvalue weighted by molar-refractivity contribution is 5.74. The number of aliphatic hydroxyl groups is 1. The fraction of sp³-hybridized carbons (Fsp3) is 0.677. The van der Waals surface area contributed by atoms with Gasteiger partial charge in [-0.1, -0.05) is 39.8 Å². The minimum Gasteiger partial charge on any atom is -0.508 e. The van der Waals surface area contributed by atoms with Crippen LogP contribution in [0.4, 0.5) is 0 Å². The molecule has 3 heterocycles. The van der Waals surface area contributed by atoms with E-state index >= 15 is 0 Å². The van der Waals surface area contributed by atoms with E-state index in [-0.39, 0.29) is 36.5 Å². The van der Waals surface area contributed by atoms with Crippen LogP contribution < -0.4 is 0 Å². The Morgan fingerprint density at radius 2 is 1.87 bits per heavy atom. The van der Waals surface area contributed by atoms with Gasteiger partial charge in [0, 0.05) is 11.3 Å². The standard InChI is InChI=1S/C31H44O8/c1-18(9-7-10-22-11-8-12-23(33)13-22)29-20(3)26-17-31(39-29)30(5,6)16-19(2)24(38-31)14-27(34)36-25(21(4)32)15-28(35)37-26/h8,11-13,18,20-21,25-26,29,32-33H,7,9-10,14-17H2,1-6H3/t18-,20-,21+,25+,26-,29+,31+/m0/s1. The van der Waals surface area contributed by atoms with E-state index in [0.717, 1.165) is 30.4 Å². The van der Waals surface area contributed by atoms with Crippen molar-refractivity contribution in [3.05, 3.63) is 41.2 Å². The van der Waals surface area contributed by atoms with E-state index in [9.17, 15) is 19.8 Å². The number of aryl methyl sites for hydroxylation is 1. The SMILES string of the molecule is CC1=C2CC(=O)O[C@@H]([C@@H](C)O)CC(=O)O[C@H]3C[C@@](O2)(O[C@H]([C@@H](C)CCCc2cccc(O)c2)[C@H]3C)C(C)(C)C1. The minimum atomic E-state index is -1.08. The fourth-order valence-corrected chi connectivity index (χ4v) is 6.37. The molecule has 3 aliphatic rings. The quantitative estimate of drug-likeness (QED) is 0.471. The van der Waals surface area contributed by atoms with Gasteiger partial charge in [-0.3, -0.25) is 9.59 Å². The summed E-state index contributed by atoms with van der Waals surface area (Å²) in [5, 5.41) is 20.0. The number of hydrogen-bond donors (Lipinski definition) is 2. The molecule has 0 aliphatic carbocycles. The lowest BCUT2D eigenvalue weighted by Crippen LogP contribution is -2.62. The van der Waals surface area contributed by atoms with Crippen molar-refractivity contribution in [2.24, 2.45) is 17.3 Å². The molecular weight excluding hydrogens is 500 g/mol. The summed E-state index contributed by atoms with van der Waals surface area (Å²) < 4.78 is 25.1. The molecule has 0 amide bonds. The molecule has 1 aromatic rings. The number of carbonyl (C=O) groups is 2. The van der Waals surface area contributed by atoms with Crippen LogP contribution in [0.25, 0.3) is 0 Å². The van der Waals surface area contributed by atoms with Crippen LogP contribution in [0.15, 0.2) is 35.6 Å². The van der Waals surface area contributed by atoms with E-state index in [0.29, 0.717) is 18.6 Å². The van der Waals surface area contributed by atoms with Crippen LogP contribution in [0.5, 0.6) is 5.75 Å². The zero-order valence-electron chi connectivity index (χ0n) is 24.1. The average molecular weight is 545 g/mol. The number of hydrogen-bond acceptors (Lipinski definition) is 8. The zero-order chi connectivity index (χ0) is 28.5. The number of carbonyl (C=O) groups excluding carboxylic acids is 2. The van der Waals surface area contributed by atoms with Gasteiger partial charge in [-0.15, -0.1) is 0 Å². The Hall–Kier alpha value is -2.58. The number of esters is 2. The van der Waals surface area contributed by atoms with E-state index in [1.165, 1.54) is 6.92 Å². The van der Waals surface area contributed by atoms with E-state index in [1.807, 2.05) is 19.1 Å². The van der Waals surface area contributed by atoms with Crippen LogP contribution in [-0.4, -0.2) is 52.4 Å². The largest absolute Gasteiger partial charge is 0.508 e. The maximum absolute atomic E-state index is 13.0. The van der Waals surface area contributed by atoms with Gasteiger partial charge >= 0.3 is 11.9 Å². The number of phenolic OH excluding ortho intramolecular Hbond substituents is 1. The number of benzene rings is 1. The highest BCUT2D eigenvalue weighted by Crippen LogP contribution is 2.54. The predicted molar refractivity (Wildman–Crippen MR) is 144 cm³/mol. The van der Waals surface area contributed by atoms with Crippen molar-refractivity contribution in [1.29, 1.82) is 0 Å². The van der Waals surface area contributed by atoms with Crippen LogP contribution in [-0.2, 0) is 35.0 Å². The number of aliphatic hydroxyl groups excluding tert-OH is 1. The Kier molecular flexibility index (Phi) is 8.67. The third kappa shape index (κ3) is 6.43. The molecule has 4 rings (SSSR count). The molecule has 0 radical (unpaired) electrons. The van der Waals surface area contributed by atoms with Crippen LogP contribution in [0, 0.1) is 17.3 Å². The summed E-state index contributed by atoms with van der Waals surface area (Å²) in [5.41, 5.74) is 1.60. The van der Waals surface area contributed by atoms with E-state index in [1.54, 1.807) is 12.1 Å². The van der Waals surface area contributed by atoms with Crippen LogP contribution in [0.3, 0.4) is 0 Å². The number of phenols is 1. The van der Waals surface area contributed by atoms with Gasteiger partial charge in [-0.05, 0) is 68.7 Å². The first-order valence-electron chi connectivity index (χ1n) is 14.2. The summed E-state index contributed by atoms with van der Waals surface area (Å²) in [4.78, 5) is 25.9. The third-order valence-corrected chi connectivity index (χ3v) is 8.78. The second kappa shape index (κ2) is 11.5. The van der Waals surface area contributed by atoms with E-state index < -0.39 is 41.5 Å². The molecule has 39 heavy (non-hydrogen) atoms. The average Bonchev–Trinajstić information content (AvgIpc) is 2.83. The van der Waals surface area contributed by atoms with Crippen molar-refractivity contribution in [3.8, 4) is 5.75 Å². The number of rotatable bonds is 6. The topological polar surface area (TPSA) is 112 Å². The molecule has 8 nitrogen and oxygen atoms in total. The number of cyclic esters (lactones) is 1. The van der Waals surface area contributed by atoms with Gasteiger partial charge in [-0.2, -0.15) is 0 Å². The van der Waals surface area contributed by atoms with Crippen molar-refractivity contribution in [3.63, 3.8) is 0 Å². The Labute approximate surface area is 231 Å². The summed E-state index contributed by atoms with van der Waals surface area (Å²) in [5.74, 6) is -1.32. The molecule has 0 aromatic heterocycles. The minimum absolute atomic E-state index is 0.0876. The summed E-state index contributed by atoms with van der Waals surface area (Å²) >= 11 is 0. The summed E-state index contributed by atoms with van der Waals surface area (Å²) in [7, 11) is 0. The lowest BCUT2D eigenvalue weighted by atomic mass is 9.69. The molecule has 2 N–H and O–H groups in total. The van der Waals surface area contributed by atoms with Crippen LogP contribution >= 0.6 is 0 Å². The predicted octanol–water partition coefficient (Wildman–Crippen LogP) is 5.19. The van der Waals surface area contributed by atoms with Crippen molar-refractivity contribution < 1.29 is 38.7 Å². The summed E-state index contributed by atoms with van der Waals surface area (Å²) in [6, 6.07) is 7.33. The van der Waals surface area contributed by atoms with Crippen molar-refractivity contribution in [2.75, 3.05) is 0 Å². The van der Waals surface area contributed by atoms with Gasteiger partial charge in [0.15, 0.2) is 0 Å². The lowest BCUT2D eigenvalue weighted by molar-refractivity contribution is -0.352. The molecule has 1 spiro atoms. The van der Waals surface area contributed by atoms with Gasteiger partial charge in [0.25, 0.3) is 0 Å². The molecule has 3 aliphatic heterocycles. The Balaban J connectivity index is 1.62. The van der Waals surface area contributed by atoms with E-state index in [4.69, 9.17) is 18.9 Å². The Morgan fingerprint density at radius 3 is 2.56 bits per heavy atom. The van der Waals surface area contributed by atoms with Crippen molar-refractivity contribution in [2.45, 2.75) is 117 Å². The first-order valence-corrected chi connectivity index (χ1v) is 14.2. The van der Waals surface area contributed by atoms with Gasteiger partial charge < -0.3 is 29.2 Å². The molecule has 2 fully saturated rings. The first-order chi connectivity index (χ1) is 18.3. The van der Waals surface area contributed by atoms with Gasteiger partial charge in [0.05, 0.1) is 25.0 Å². The summed E-state index contributed by atoms with van der Waals surface area (Å²) in [6.45, 7) is 11.9. The zero-order valence-corrected chi connectivity index (χ0v) is 24.1. The normalized spacial score (nSPS) is 32.6. The first kappa shape index (κ1) is 29.4. The van der Waals surface area contributed by atoms with Gasteiger partial charge in [0.1, 0.15) is 30.1 Å². The molecule has 0 unspecified atom stereocenters. The highest BCUT2D eigenvalue weighted by atomic mass is 16.7. The van der Waals surface area contributed by atoms with Gasteiger partial charge in [-0.25, -0.2) is 0 Å². The molecule has 2 saturated heterocycles. The molecule has 1 aromatic carbocycles. The molecule has 8 heteroatoms. The second-order valence-corrected chi connectivity index (χ2v) is 12.5. The smallest absolute Gasteiger partial charge is 0.313 e. The second-order valence-electron chi connectivity index (χ2n) is 12.5. The van der Waals surface area contributed by atoms with Gasteiger partial charge in [0.2, 0.25) is 5.79 Å². The Bertz CT molecular complexity index is 1090. The van der Waals surface area contributed by atoms with Crippen molar-refractivity contribution in [1.82, 2.24) is 0 Å². The number of allylic oxidation sites excluding steroid dienone is 1. The van der Waals surface area contributed by atoms with Crippen LogP contribution in [0.2, 0.25) is 0 Å². The maximum atomic E-state index is 13.0. The highest BCUT2D eigenvalue weighted by Gasteiger charge is 2.59.